The van der Waals surface area contributed by atoms with Crippen LogP contribution in [0.25, 0.3) is 0 Å². The minimum Gasteiger partial charge on any atom is -0.419 e. The number of alkyl halides is 3. The number of esters is 2. The van der Waals surface area contributed by atoms with E-state index in [0.29, 0.717) is 0 Å². The van der Waals surface area contributed by atoms with E-state index in [1.165, 1.54) is 13.8 Å². The van der Waals surface area contributed by atoms with Crippen molar-refractivity contribution in [2.24, 2.45) is 0 Å². The maximum Gasteiger partial charge on any atom is 0.418 e. The molecule has 1 aliphatic rings. The van der Waals surface area contributed by atoms with Crippen molar-refractivity contribution in [3.63, 3.8) is 0 Å². The Morgan fingerprint density at radius 2 is 1.67 bits per heavy atom. The van der Waals surface area contributed by atoms with Crippen LogP contribution in [0.4, 0.5) is 18.9 Å². The third-order valence-corrected chi connectivity index (χ3v) is 3.68. The lowest BCUT2D eigenvalue weighted by molar-refractivity contribution is -0.222. The lowest BCUT2D eigenvalue weighted by Crippen LogP contribution is -2.42. The number of carbonyl (C=O) groups excluding carboxylic acids is 2. The fraction of sp³-hybridized carbons (Fsp3) is 0.286. The highest BCUT2D eigenvalue weighted by Gasteiger charge is 2.39. The molecule has 0 aliphatic carbocycles. The normalized spacial score (nSPS) is 17.2. The van der Waals surface area contributed by atoms with Crippen LogP contribution in [0.2, 0.25) is 10.0 Å². The monoisotopic (exact) mass is 383 g/mol. The maximum atomic E-state index is 13.0. The number of carbonyl (C=O) groups is 2. The Labute approximate surface area is 144 Å². The van der Waals surface area contributed by atoms with E-state index in [1.54, 1.807) is 0 Å². The summed E-state index contributed by atoms with van der Waals surface area (Å²) in [7, 11) is 0. The molecular formula is C14H10Cl2F3NO4. The third-order valence-electron chi connectivity index (χ3n) is 2.88. The van der Waals surface area contributed by atoms with Crippen molar-refractivity contribution in [1.82, 2.24) is 0 Å². The molecular weight excluding hydrogens is 374 g/mol. The maximum absolute atomic E-state index is 13.0. The van der Waals surface area contributed by atoms with Crippen molar-refractivity contribution in [2.45, 2.75) is 25.8 Å². The van der Waals surface area contributed by atoms with Crippen LogP contribution in [0.3, 0.4) is 0 Å². The van der Waals surface area contributed by atoms with Gasteiger partial charge >= 0.3 is 18.1 Å². The molecule has 1 aromatic carbocycles. The van der Waals surface area contributed by atoms with Crippen LogP contribution in [0, 0.1) is 0 Å². The molecule has 0 aromatic heterocycles. The van der Waals surface area contributed by atoms with Gasteiger partial charge in [-0.15, -0.1) is 0 Å². The van der Waals surface area contributed by atoms with Gasteiger partial charge in [0, 0.05) is 20.0 Å². The molecule has 0 amide bonds. The van der Waals surface area contributed by atoms with Crippen LogP contribution in [0.15, 0.2) is 23.9 Å². The largest absolute Gasteiger partial charge is 0.419 e. The molecule has 1 aromatic rings. The van der Waals surface area contributed by atoms with Crippen molar-refractivity contribution in [3.8, 4) is 0 Å². The molecule has 1 saturated heterocycles. The lowest BCUT2D eigenvalue weighted by atomic mass is 10.1. The second-order valence-corrected chi connectivity index (χ2v) is 5.95. The highest BCUT2D eigenvalue weighted by Crippen LogP contribution is 2.41. The highest BCUT2D eigenvalue weighted by atomic mass is 35.5. The molecule has 0 bridgehead atoms. The molecule has 0 radical (unpaired) electrons. The van der Waals surface area contributed by atoms with Crippen molar-refractivity contribution < 1.29 is 32.2 Å². The van der Waals surface area contributed by atoms with Crippen LogP contribution >= 0.6 is 23.2 Å². The van der Waals surface area contributed by atoms with E-state index >= 15 is 0 Å². The van der Waals surface area contributed by atoms with Gasteiger partial charge in [0.2, 0.25) is 0 Å². The minimum atomic E-state index is -4.73. The van der Waals surface area contributed by atoms with Crippen molar-refractivity contribution >= 4 is 40.8 Å². The van der Waals surface area contributed by atoms with Gasteiger partial charge in [0.15, 0.2) is 5.57 Å². The summed E-state index contributed by atoms with van der Waals surface area (Å²) in [5.41, 5.74) is -2.33. The zero-order valence-electron chi connectivity index (χ0n) is 12.3. The summed E-state index contributed by atoms with van der Waals surface area (Å²) in [6.07, 6.45) is -4.00. The molecule has 1 fully saturated rings. The van der Waals surface area contributed by atoms with Gasteiger partial charge in [-0.2, -0.15) is 13.2 Å². The minimum absolute atomic E-state index is 0.138. The Morgan fingerprint density at radius 3 is 2.17 bits per heavy atom. The van der Waals surface area contributed by atoms with E-state index in [1.807, 2.05) is 0 Å². The van der Waals surface area contributed by atoms with E-state index in [2.05, 4.69) is 5.32 Å². The number of benzene rings is 1. The first-order valence-electron chi connectivity index (χ1n) is 6.41. The summed E-state index contributed by atoms with van der Waals surface area (Å²) in [5, 5.41) is 1.63. The first kappa shape index (κ1) is 18.4. The smallest absolute Gasteiger partial charge is 0.418 e. The number of hydrogen-bond acceptors (Lipinski definition) is 5. The number of rotatable bonds is 2. The molecule has 0 saturated carbocycles. The van der Waals surface area contributed by atoms with Crippen LogP contribution in [-0.4, -0.2) is 17.7 Å². The van der Waals surface area contributed by atoms with Gasteiger partial charge in [-0.3, -0.25) is 0 Å². The molecule has 10 heteroatoms. The summed E-state index contributed by atoms with van der Waals surface area (Å²) in [4.78, 5) is 23.5. The molecule has 2 rings (SSSR count). The highest BCUT2D eigenvalue weighted by molar-refractivity contribution is 6.43. The molecule has 24 heavy (non-hydrogen) atoms. The predicted molar refractivity (Wildman–Crippen MR) is 79.4 cm³/mol. The molecule has 5 nitrogen and oxygen atoms in total. The second-order valence-electron chi connectivity index (χ2n) is 5.16. The Kier molecular flexibility index (Phi) is 4.74. The number of anilines is 1. The topological polar surface area (TPSA) is 64.6 Å². The lowest BCUT2D eigenvalue weighted by Gasteiger charge is -2.29. The summed E-state index contributed by atoms with van der Waals surface area (Å²) in [6, 6.07) is 1.70. The Morgan fingerprint density at radius 1 is 1.12 bits per heavy atom. The summed E-state index contributed by atoms with van der Waals surface area (Å²) in [6.45, 7) is 2.67. The summed E-state index contributed by atoms with van der Waals surface area (Å²) < 4.78 is 48.8. The van der Waals surface area contributed by atoms with Crippen molar-refractivity contribution in [1.29, 1.82) is 0 Å². The average Bonchev–Trinajstić information content (AvgIpc) is 2.39. The number of hydrogen-bond donors (Lipinski definition) is 1. The van der Waals surface area contributed by atoms with E-state index in [4.69, 9.17) is 32.7 Å². The van der Waals surface area contributed by atoms with E-state index in [-0.39, 0.29) is 5.02 Å². The molecule has 0 atom stereocenters. The standard InChI is InChI=1S/C14H10Cl2F3NO4/c1-13(2)23-11(21)6(12(22)24-13)5-20-10-7(14(17,18)19)3-4-8(15)9(10)16/h3-5,20H,1-2H3. The van der Waals surface area contributed by atoms with Gasteiger partial charge in [0.05, 0.1) is 21.3 Å². The number of cyclic esters (lactones) is 2. The fourth-order valence-corrected chi connectivity index (χ4v) is 2.23. The Hall–Kier alpha value is -1.93. The zero-order valence-corrected chi connectivity index (χ0v) is 13.8. The van der Waals surface area contributed by atoms with Gasteiger partial charge in [-0.25, -0.2) is 9.59 Å². The molecule has 130 valence electrons. The summed E-state index contributed by atoms with van der Waals surface area (Å²) >= 11 is 11.5. The molecule has 1 heterocycles. The first-order chi connectivity index (χ1) is 10.9. The quantitative estimate of drug-likeness (QED) is 0.472. The van der Waals surface area contributed by atoms with E-state index in [9.17, 15) is 22.8 Å². The number of nitrogens with one attached hydrogen (secondary N) is 1. The fourth-order valence-electron chi connectivity index (χ4n) is 1.85. The van der Waals surface area contributed by atoms with Crippen molar-refractivity contribution in [3.05, 3.63) is 39.5 Å². The van der Waals surface area contributed by atoms with Crippen molar-refractivity contribution in [2.75, 3.05) is 5.32 Å². The van der Waals surface area contributed by atoms with Crippen LogP contribution < -0.4 is 5.32 Å². The SMILES string of the molecule is CC1(C)OC(=O)C(=CNc2c(C(F)(F)F)ccc(Cl)c2Cl)C(=O)O1. The van der Waals surface area contributed by atoms with Gasteiger partial charge in [0.1, 0.15) is 0 Å². The Bertz CT molecular complexity index is 722. The van der Waals surface area contributed by atoms with E-state index < -0.39 is 45.7 Å². The third kappa shape index (κ3) is 3.76. The molecule has 0 unspecified atom stereocenters. The number of halogens is 5. The van der Waals surface area contributed by atoms with Gasteiger partial charge in [-0.05, 0) is 12.1 Å². The molecule has 1 aliphatic heterocycles. The zero-order chi connectivity index (χ0) is 18.3. The van der Waals surface area contributed by atoms with Crippen LogP contribution in [0.5, 0.6) is 0 Å². The van der Waals surface area contributed by atoms with Gasteiger partial charge in [-0.1, -0.05) is 23.2 Å². The van der Waals surface area contributed by atoms with Gasteiger partial charge < -0.3 is 14.8 Å². The van der Waals surface area contributed by atoms with Gasteiger partial charge in [0.25, 0.3) is 5.79 Å². The predicted octanol–water partition coefficient (Wildman–Crippen LogP) is 4.14. The second kappa shape index (κ2) is 6.18. The Balaban J connectivity index is 2.40. The molecule has 1 N–H and O–H groups in total. The van der Waals surface area contributed by atoms with Crippen LogP contribution in [-0.2, 0) is 25.2 Å². The molecule has 0 spiro atoms. The van der Waals surface area contributed by atoms with Crippen LogP contribution in [0.1, 0.15) is 19.4 Å². The number of ether oxygens (including phenoxy) is 2. The average molecular weight is 384 g/mol. The first-order valence-corrected chi connectivity index (χ1v) is 7.16. The summed E-state index contributed by atoms with van der Waals surface area (Å²) in [5.74, 6) is -3.55. The van der Waals surface area contributed by atoms with E-state index in [0.717, 1.165) is 18.3 Å².